The van der Waals surface area contributed by atoms with Crippen molar-refractivity contribution in [3.05, 3.63) is 18.0 Å². The van der Waals surface area contributed by atoms with E-state index in [2.05, 4.69) is 35.3 Å². The highest BCUT2D eigenvalue weighted by Crippen LogP contribution is 2.27. The van der Waals surface area contributed by atoms with Crippen molar-refractivity contribution in [2.45, 2.75) is 38.6 Å². The zero-order valence-corrected chi connectivity index (χ0v) is 12.4. The number of aryl methyl sites for hydroxylation is 1. The summed E-state index contributed by atoms with van der Waals surface area (Å²) in [7, 11) is 1.99. The van der Waals surface area contributed by atoms with Crippen molar-refractivity contribution in [1.82, 2.24) is 15.1 Å². The van der Waals surface area contributed by atoms with Gasteiger partial charge in [0.25, 0.3) is 0 Å². The quantitative estimate of drug-likeness (QED) is 0.859. The van der Waals surface area contributed by atoms with Crippen LogP contribution < -0.4 is 5.32 Å². The van der Waals surface area contributed by atoms with Crippen LogP contribution in [-0.4, -0.2) is 33.9 Å². The van der Waals surface area contributed by atoms with Crippen LogP contribution in [0, 0.1) is 5.92 Å². The highest BCUT2D eigenvalue weighted by atomic mass is 32.2. The van der Waals surface area contributed by atoms with E-state index in [0.717, 1.165) is 18.9 Å². The van der Waals surface area contributed by atoms with Crippen molar-refractivity contribution in [2.24, 2.45) is 13.0 Å². The number of hydrogen-bond acceptors (Lipinski definition) is 3. The predicted octanol–water partition coefficient (Wildman–Crippen LogP) is 2.47. The summed E-state index contributed by atoms with van der Waals surface area (Å²) in [4.78, 5) is 0. The minimum atomic E-state index is 0.618. The number of hydrogen-bond donors (Lipinski definition) is 1. The lowest BCUT2D eigenvalue weighted by molar-refractivity contribution is 0.366. The van der Waals surface area contributed by atoms with Crippen molar-refractivity contribution in [2.75, 3.05) is 18.1 Å². The number of likely N-dealkylation sites (N-methyl/N-ethyl adjacent to an activating group) is 1. The molecule has 102 valence electrons. The van der Waals surface area contributed by atoms with Gasteiger partial charge in [0.2, 0.25) is 0 Å². The van der Waals surface area contributed by atoms with Crippen molar-refractivity contribution in [1.29, 1.82) is 0 Å². The predicted molar refractivity (Wildman–Crippen MR) is 79.0 cm³/mol. The molecule has 1 fully saturated rings. The number of thioether (sulfide) groups is 1. The van der Waals surface area contributed by atoms with E-state index in [9.17, 15) is 0 Å². The van der Waals surface area contributed by atoms with Gasteiger partial charge in [0, 0.05) is 19.3 Å². The lowest BCUT2D eigenvalue weighted by Gasteiger charge is -2.26. The Morgan fingerprint density at radius 3 is 2.89 bits per heavy atom. The first-order chi connectivity index (χ1) is 8.78. The van der Waals surface area contributed by atoms with E-state index in [-0.39, 0.29) is 0 Å². The first kappa shape index (κ1) is 13.9. The Hall–Kier alpha value is -0.480. The van der Waals surface area contributed by atoms with Gasteiger partial charge in [-0.1, -0.05) is 6.92 Å². The van der Waals surface area contributed by atoms with Gasteiger partial charge in [-0.15, -0.1) is 0 Å². The fourth-order valence-electron chi connectivity index (χ4n) is 2.77. The molecule has 18 heavy (non-hydrogen) atoms. The summed E-state index contributed by atoms with van der Waals surface area (Å²) in [6.07, 6.45) is 9.38. The van der Waals surface area contributed by atoms with Gasteiger partial charge in [0.1, 0.15) is 0 Å². The minimum absolute atomic E-state index is 0.618. The molecule has 1 N–H and O–H groups in total. The summed E-state index contributed by atoms with van der Waals surface area (Å²) >= 11 is 2.11. The van der Waals surface area contributed by atoms with E-state index < -0.39 is 0 Å². The summed E-state index contributed by atoms with van der Waals surface area (Å²) in [5.74, 6) is 3.64. The van der Waals surface area contributed by atoms with Crippen LogP contribution in [0.15, 0.2) is 12.4 Å². The van der Waals surface area contributed by atoms with Crippen LogP contribution >= 0.6 is 11.8 Å². The van der Waals surface area contributed by atoms with Gasteiger partial charge in [0.05, 0.1) is 6.20 Å². The summed E-state index contributed by atoms with van der Waals surface area (Å²) in [5, 5.41) is 7.91. The standard InChI is InChI=1S/C14H25N3S/c1-3-15-14(8-12-4-6-18-7-5-12)9-13-10-16-17(2)11-13/h10-12,14-15H,3-9H2,1-2H3. The van der Waals surface area contributed by atoms with E-state index >= 15 is 0 Å². The Kier molecular flexibility index (Phi) is 5.57. The largest absolute Gasteiger partial charge is 0.314 e. The number of aromatic nitrogens is 2. The second-order valence-electron chi connectivity index (χ2n) is 5.27. The van der Waals surface area contributed by atoms with Crippen LogP contribution in [-0.2, 0) is 13.5 Å². The number of nitrogens with zero attached hydrogens (tertiary/aromatic N) is 2. The average Bonchev–Trinajstić information content (AvgIpc) is 2.76. The van der Waals surface area contributed by atoms with E-state index in [4.69, 9.17) is 0 Å². The first-order valence-electron chi connectivity index (χ1n) is 7.06. The monoisotopic (exact) mass is 267 g/mol. The molecule has 0 bridgehead atoms. The molecule has 0 aliphatic carbocycles. The lowest BCUT2D eigenvalue weighted by atomic mass is 9.91. The molecule has 1 unspecified atom stereocenters. The highest BCUT2D eigenvalue weighted by molar-refractivity contribution is 7.99. The van der Waals surface area contributed by atoms with Gasteiger partial charge >= 0.3 is 0 Å². The minimum Gasteiger partial charge on any atom is -0.314 e. The number of nitrogens with one attached hydrogen (secondary N) is 1. The van der Waals surface area contributed by atoms with Gasteiger partial charge in [-0.2, -0.15) is 16.9 Å². The number of rotatable bonds is 6. The summed E-state index contributed by atoms with van der Waals surface area (Å²) in [5.41, 5.74) is 1.36. The second-order valence-corrected chi connectivity index (χ2v) is 6.50. The fourth-order valence-corrected chi connectivity index (χ4v) is 3.98. The molecule has 1 atom stereocenters. The molecule has 1 saturated heterocycles. The molecular formula is C14H25N3S. The second kappa shape index (κ2) is 7.19. The third kappa shape index (κ3) is 4.32. The van der Waals surface area contributed by atoms with Crippen molar-refractivity contribution in [3.63, 3.8) is 0 Å². The molecule has 0 amide bonds. The zero-order valence-electron chi connectivity index (χ0n) is 11.6. The SMILES string of the molecule is CCNC(Cc1cnn(C)c1)CC1CCSCC1. The molecule has 0 radical (unpaired) electrons. The molecule has 2 rings (SSSR count). The Bertz CT molecular complexity index is 345. The Balaban J connectivity index is 1.86. The smallest absolute Gasteiger partial charge is 0.0522 e. The maximum atomic E-state index is 4.26. The topological polar surface area (TPSA) is 29.9 Å². The van der Waals surface area contributed by atoms with E-state index in [1.807, 2.05) is 17.9 Å². The van der Waals surface area contributed by atoms with Crippen LogP contribution in [0.2, 0.25) is 0 Å². The van der Waals surface area contributed by atoms with Crippen LogP contribution in [0.3, 0.4) is 0 Å². The van der Waals surface area contributed by atoms with Crippen LogP contribution in [0.5, 0.6) is 0 Å². The van der Waals surface area contributed by atoms with Crippen molar-refractivity contribution < 1.29 is 0 Å². The summed E-state index contributed by atoms with van der Waals surface area (Å²) in [6, 6.07) is 0.618. The fraction of sp³-hybridized carbons (Fsp3) is 0.786. The maximum Gasteiger partial charge on any atom is 0.0522 e. The third-order valence-electron chi connectivity index (χ3n) is 3.69. The van der Waals surface area contributed by atoms with Gasteiger partial charge in [-0.3, -0.25) is 4.68 Å². The van der Waals surface area contributed by atoms with Gasteiger partial charge in [-0.25, -0.2) is 0 Å². The Labute approximate surface area is 115 Å². The molecular weight excluding hydrogens is 242 g/mol. The first-order valence-corrected chi connectivity index (χ1v) is 8.22. The van der Waals surface area contributed by atoms with Gasteiger partial charge < -0.3 is 5.32 Å². The van der Waals surface area contributed by atoms with E-state index in [1.165, 1.54) is 36.3 Å². The van der Waals surface area contributed by atoms with Crippen LogP contribution in [0.1, 0.15) is 31.7 Å². The summed E-state index contributed by atoms with van der Waals surface area (Å²) in [6.45, 7) is 3.26. The molecule has 1 aliphatic heterocycles. The van der Waals surface area contributed by atoms with Gasteiger partial charge in [0.15, 0.2) is 0 Å². The zero-order chi connectivity index (χ0) is 12.8. The average molecular weight is 267 g/mol. The Morgan fingerprint density at radius 1 is 1.50 bits per heavy atom. The molecule has 1 aliphatic rings. The molecule has 1 aromatic rings. The van der Waals surface area contributed by atoms with Crippen molar-refractivity contribution >= 4 is 11.8 Å². The lowest BCUT2D eigenvalue weighted by Crippen LogP contribution is -2.33. The molecule has 0 aromatic carbocycles. The molecule has 1 aromatic heterocycles. The van der Waals surface area contributed by atoms with Gasteiger partial charge in [-0.05, 0) is 55.2 Å². The molecule has 0 spiro atoms. The molecule has 2 heterocycles. The maximum absolute atomic E-state index is 4.26. The molecule has 0 saturated carbocycles. The summed E-state index contributed by atoms with van der Waals surface area (Å²) < 4.78 is 1.90. The van der Waals surface area contributed by atoms with E-state index in [1.54, 1.807) is 0 Å². The highest BCUT2D eigenvalue weighted by Gasteiger charge is 2.19. The normalized spacial score (nSPS) is 19.0. The van der Waals surface area contributed by atoms with E-state index in [0.29, 0.717) is 6.04 Å². The van der Waals surface area contributed by atoms with Crippen LogP contribution in [0.25, 0.3) is 0 Å². The van der Waals surface area contributed by atoms with Crippen LogP contribution in [0.4, 0.5) is 0 Å². The third-order valence-corrected chi connectivity index (χ3v) is 4.74. The Morgan fingerprint density at radius 2 is 2.28 bits per heavy atom. The van der Waals surface area contributed by atoms with Crippen molar-refractivity contribution in [3.8, 4) is 0 Å². The molecule has 3 nitrogen and oxygen atoms in total. The molecule has 4 heteroatoms.